The van der Waals surface area contributed by atoms with Gasteiger partial charge in [-0.25, -0.2) is 0 Å². The number of nitrogens with one attached hydrogen (secondary N) is 1. The summed E-state index contributed by atoms with van der Waals surface area (Å²) in [6, 6.07) is 10.5. The van der Waals surface area contributed by atoms with E-state index in [1.807, 2.05) is 36.0 Å². The number of aliphatic imine (C=N–C) groups is 1. The highest BCUT2D eigenvalue weighted by Gasteiger charge is 2.33. The number of rotatable bonds is 4. The summed E-state index contributed by atoms with van der Waals surface area (Å²) in [4.78, 5) is 7.58. The molecule has 4 atom stereocenters. The van der Waals surface area contributed by atoms with Crippen LogP contribution in [-0.2, 0) is 0 Å². The van der Waals surface area contributed by atoms with Crippen LogP contribution in [0.1, 0.15) is 90.5 Å². The zero-order valence-corrected chi connectivity index (χ0v) is 22.2. The summed E-state index contributed by atoms with van der Waals surface area (Å²) < 4.78 is 0. The summed E-state index contributed by atoms with van der Waals surface area (Å²) in [6.45, 7) is 7.00. The zero-order chi connectivity index (χ0) is 23.6. The zero-order valence-electron chi connectivity index (χ0n) is 20.6. The highest BCUT2D eigenvalue weighted by molar-refractivity contribution is 8.14. The molecule has 1 heterocycles. The number of thiocarbonyl (C=S) groups is 1. The summed E-state index contributed by atoms with van der Waals surface area (Å²) in [5.74, 6) is 2.60. The van der Waals surface area contributed by atoms with Crippen LogP contribution in [0.15, 0.2) is 29.3 Å². The number of amidine groups is 1. The smallest absolute Gasteiger partial charge is 0.179 e. The van der Waals surface area contributed by atoms with Crippen molar-refractivity contribution in [2.45, 2.75) is 97.1 Å². The number of hydrogen-bond donors (Lipinski definition) is 1. The Morgan fingerprint density at radius 1 is 1.18 bits per heavy atom. The molecular weight excluding hydrogens is 444 g/mol. The molecule has 1 aliphatic heterocycles. The molecule has 33 heavy (non-hydrogen) atoms. The third-order valence-corrected chi connectivity index (χ3v) is 8.50. The molecule has 6 heteroatoms. The Morgan fingerprint density at radius 2 is 1.97 bits per heavy atom. The van der Waals surface area contributed by atoms with E-state index < -0.39 is 0 Å². The molecule has 1 saturated heterocycles. The van der Waals surface area contributed by atoms with Gasteiger partial charge in [-0.15, -0.1) is 0 Å². The fourth-order valence-electron chi connectivity index (χ4n) is 5.15. The number of hydrogen-bond acceptors (Lipinski definition) is 4. The molecule has 0 aromatic heterocycles. The minimum atomic E-state index is 0.359. The van der Waals surface area contributed by atoms with Crippen LogP contribution in [0.25, 0.3) is 0 Å². The molecule has 4 unspecified atom stereocenters. The largest absolute Gasteiger partial charge is 0.332 e. The number of nitriles is 1. The molecule has 0 amide bonds. The Bertz CT molecular complexity index is 847. The second-order valence-electron chi connectivity index (χ2n) is 9.77. The lowest BCUT2D eigenvalue weighted by atomic mass is 9.86. The summed E-state index contributed by atoms with van der Waals surface area (Å²) in [7, 11) is 0. The van der Waals surface area contributed by atoms with E-state index in [2.05, 4.69) is 37.1 Å². The molecule has 4 nitrogen and oxygen atoms in total. The molecule has 0 bridgehead atoms. The first-order chi connectivity index (χ1) is 16.0. The molecule has 3 rings (SSSR count). The van der Waals surface area contributed by atoms with Gasteiger partial charge in [0.1, 0.15) is 0 Å². The van der Waals surface area contributed by atoms with Crippen LogP contribution in [0.5, 0.6) is 0 Å². The first-order valence-corrected chi connectivity index (χ1v) is 14.2. The van der Waals surface area contributed by atoms with Crippen molar-refractivity contribution in [2.75, 3.05) is 11.1 Å². The molecule has 0 radical (unpaired) electrons. The van der Waals surface area contributed by atoms with Crippen molar-refractivity contribution in [1.82, 2.24) is 4.90 Å². The van der Waals surface area contributed by atoms with Gasteiger partial charge in [0.05, 0.1) is 17.7 Å². The summed E-state index contributed by atoms with van der Waals surface area (Å²) in [5.41, 5.74) is 1.50. The monoisotopic (exact) mass is 484 g/mol. The number of thioether (sulfide) groups is 1. The first-order valence-electron chi connectivity index (χ1n) is 12.8. The van der Waals surface area contributed by atoms with E-state index in [0.29, 0.717) is 28.7 Å². The van der Waals surface area contributed by atoms with Gasteiger partial charge >= 0.3 is 0 Å². The fourth-order valence-corrected chi connectivity index (χ4v) is 6.89. The fraction of sp³-hybridized carbons (Fsp3) is 0.667. The summed E-state index contributed by atoms with van der Waals surface area (Å²) in [5, 5.41) is 14.4. The van der Waals surface area contributed by atoms with Crippen molar-refractivity contribution in [3.8, 4) is 6.07 Å². The van der Waals surface area contributed by atoms with Crippen molar-refractivity contribution >= 4 is 39.9 Å². The van der Waals surface area contributed by atoms with Crippen LogP contribution in [0.3, 0.4) is 0 Å². The lowest BCUT2D eigenvalue weighted by Gasteiger charge is -2.28. The Hall–Kier alpha value is -1.58. The molecule has 1 saturated carbocycles. The molecule has 1 aliphatic carbocycles. The third kappa shape index (κ3) is 7.72. The predicted octanol–water partition coefficient (Wildman–Crippen LogP) is 7.60. The Kier molecular flexibility index (Phi) is 10.5. The van der Waals surface area contributed by atoms with Crippen LogP contribution in [0, 0.1) is 23.2 Å². The van der Waals surface area contributed by atoms with Crippen molar-refractivity contribution in [3.05, 3.63) is 29.8 Å². The van der Waals surface area contributed by atoms with E-state index in [1.165, 1.54) is 57.8 Å². The van der Waals surface area contributed by atoms with E-state index in [4.69, 9.17) is 17.2 Å². The van der Waals surface area contributed by atoms with Crippen LogP contribution in [0.4, 0.5) is 5.69 Å². The molecule has 1 N–H and O–H groups in total. The van der Waals surface area contributed by atoms with Crippen molar-refractivity contribution < 1.29 is 0 Å². The maximum Gasteiger partial charge on any atom is 0.179 e. The number of anilines is 1. The van der Waals surface area contributed by atoms with Gasteiger partial charge in [-0.05, 0) is 67.9 Å². The van der Waals surface area contributed by atoms with Crippen LogP contribution >= 0.6 is 24.0 Å². The first kappa shape index (κ1) is 26.0. The number of benzene rings is 1. The van der Waals surface area contributed by atoms with E-state index in [0.717, 1.165) is 28.9 Å². The Morgan fingerprint density at radius 3 is 2.70 bits per heavy atom. The van der Waals surface area contributed by atoms with Crippen molar-refractivity contribution in [3.63, 3.8) is 0 Å². The maximum atomic E-state index is 9.22. The Labute approximate surface area is 210 Å². The molecular formula is C27H40N4S2. The second kappa shape index (κ2) is 13.3. The van der Waals surface area contributed by atoms with Gasteiger partial charge in [0.25, 0.3) is 0 Å². The molecule has 180 valence electrons. The quantitative estimate of drug-likeness (QED) is 0.446. The standard InChI is InChI=1S/C27H40N4S2/c1-4-21-11-8-6-7-9-13-23(16-20(3)15-21)30-27-31(25(5-2)19-33-27)26(32)29-24-14-10-12-22(17-24)18-28/h10,12,14,17,20-21,23,25H,4-9,11,13,15-16,19H2,1-3H3,(H,29,32)/b30-27-. The van der Waals surface area contributed by atoms with Crippen LogP contribution in [-0.4, -0.2) is 33.0 Å². The molecule has 2 fully saturated rings. The topological polar surface area (TPSA) is 51.4 Å². The third-order valence-electron chi connectivity index (χ3n) is 7.09. The van der Waals surface area contributed by atoms with Gasteiger partial charge < -0.3 is 5.32 Å². The summed E-state index contributed by atoms with van der Waals surface area (Å²) in [6.07, 6.45) is 12.8. The molecule has 1 aromatic rings. The minimum Gasteiger partial charge on any atom is -0.332 e. The predicted molar refractivity (Wildman–Crippen MR) is 147 cm³/mol. The normalized spacial score (nSPS) is 28.2. The van der Waals surface area contributed by atoms with Gasteiger partial charge in [0.15, 0.2) is 10.3 Å². The van der Waals surface area contributed by atoms with Crippen LogP contribution < -0.4 is 5.32 Å². The van der Waals surface area contributed by atoms with E-state index >= 15 is 0 Å². The SMILES string of the molecule is CCC1CCCCCCC(/N=C2\SCC(CC)N2C(=S)Nc2cccc(C#N)c2)CC(C)C1. The van der Waals surface area contributed by atoms with E-state index in [-0.39, 0.29) is 0 Å². The molecule has 2 aliphatic rings. The van der Waals surface area contributed by atoms with E-state index in [9.17, 15) is 5.26 Å². The van der Waals surface area contributed by atoms with E-state index in [1.54, 1.807) is 0 Å². The highest BCUT2D eigenvalue weighted by atomic mass is 32.2. The lowest BCUT2D eigenvalue weighted by Crippen LogP contribution is -2.42. The lowest BCUT2D eigenvalue weighted by molar-refractivity contribution is 0.327. The van der Waals surface area contributed by atoms with Gasteiger partial charge in [-0.1, -0.05) is 77.1 Å². The maximum absolute atomic E-state index is 9.22. The highest BCUT2D eigenvalue weighted by Crippen LogP contribution is 2.32. The Balaban J connectivity index is 1.76. The number of nitrogens with zero attached hydrogens (tertiary/aromatic N) is 3. The van der Waals surface area contributed by atoms with Crippen molar-refractivity contribution in [1.29, 1.82) is 5.26 Å². The van der Waals surface area contributed by atoms with Gasteiger partial charge in [0.2, 0.25) is 0 Å². The summed E-state index contributed by atoms with van der Waals surface area (Å²) >= 11 is 7.71. The van der Waals surface area contributed by atoms with Crippen LogP contribution in [0.2, 0.25) is 0 Å². The average molecular weight is 485 g/mol. The minimum absolute atomic E-state index is 0.359. The average Bonchev–Trinajstić information content (AvgIpc) is 3.21. The second-order valence-corrected chi connectivity index (χ2v) is 11.1. The van der Waals surface area contributed by atoms with Gasteiger partial charge in [-0.2, -0.15) is 5.26 Å². The van der Waals surface area contributed by atoms with Crippen molar-refractivity contribution in [2.24, 2.45) is 16.8 Å². The van der Waals surface area contributed by atoms with Gasteiger partial charge in [0, 0.05) is 17.5 Å². The molecule has 0 spiro atoms. The van der Waals surface area contributed by atoms with Gasteiger partial charge in [-0.3, -0.25) is 9.89 Å². The molecule has 1 aromatic carbocycles.